The number of esters is 1. The molecule has 0 saturated carbocycles. The Kier molecular flexibility index (Phi) is 4.53. The maximum atomic E-state index is 12.0. The molecule has 0 N–H and O–H groups in total. The number of thiazole rings is 1. The van der Waals surface area contributed by atoms with Gasteiger partial charge in [0.2, 0.25) is 0 Å². The van der Waals surface area contributed by atoms with E-state index in [1.807, 2.05) is 6.08 Å². The molecule has 2 heterocycles. The van der Waals surface area contributed by atoms with Gasteiger partial charge in [0.1, 0.15) is 0 Å². The van der Waals surface area contributed by atoms with Gasteiger partial charge in [-0.2, -0.15) is 0 Å². The Morgan fingerprint density at radius 3 is 2.48 bits per heavy atom. The van der Waals surface area contributed by atoms with Crippen molar-refractivity contribution in [2.45, 2.75) is 26.2 Å². The molecule has 0 spiro atoms. The van der Waals surface area contributed by atoms with Crippen molar-refractivity contribution >= 4 is 29.0 Å². The fraction of sp³-hybridized carbons (Fsp3) is 0.312. The van der Waals surface area contributed by atoms with Crippen LogP contribution in [0.2, 0.25) is 0 Å². The van der Waals surface area contributed by atoms with Gasteiger partial charge >= 0.3 is 5.97 Å². The second-order valence-electron chi connectivity index (χ2n) is 5.60. The Balaban J connectivity index is 2.42. The number of ether oxygens (including phenoxy) is 1. The molecular weight excluding hydrogens is 284 g/mol. The first-order valence-corrected chi connectivity index (χ1v) is 7.40. The van der Waals surface area contributed by atoms with Crippen molar-refractivity contribution in [3.8, 4) is 0 Å². The van der Waals surface area contributed by atoms with E-state index < -0.39 is 0 Å². The topological polar surface area (TPSA) is 52.1 Å². The molecule has 0 aliphatic heterocycles. The predicted molar refractivity (Wildman–Crippen MR) is 84.9 cm³/mol. The van der Waals surface area contributed by atoms with Crippen LogP contribution < -0.4 is 0 Å². The molecule has 0 fully saturated rings. The zero-order valence-corrected chi connectivity index (χ0v) is 13.4. The number of nitrogens with zero attached hydrogens (tertiary/aromatic N) is 2. The van der Waals surface area contributed by atoms with Crippen LogP contribution in [0.5, 0.6) is 0 Å². The van der Waals surface area contributed by atoms with E-state index in [1.54, 1.807) is 42.1 Å². The average Bonchev–Trinajstić information content (AvgIpc) is 2.93. The van der Waals surface area contributed by atoms with E-state index in [1.165, 1.54) is 7.11 Å². The zero-order chi connectivity index (χ0) is 15.5. The summed E-state index contributed by atoms with van der Waals surface area (Å²) in [4.78, 5) is 21.3. The fourth-order valence-electron chi connectivity index (χ4n) is 1.74. The summed E-state index contributed by atoms with van der Waals surface area (Å²) in [5.74, 6) is -0.369. The lowest BCUT2D eigenvalue weighted by Gasteiger charge is -2.13. The van der Waals surface area contributed by atoms with E-state index in [9.17, 15) is 4.79 Å². The Morgan fingerprint density at radius 1 is 1.29 bits per heavy atom. The molecule has 0 aliphatic rings. The van der Waals surface area contributed by atoms with Crippen LogP contribution in [-0.2, 0) is 14.9 Å². The first-order valence-electron chi connectivity index (χ1n) is 6.58. The highest BCUT2D eigenvalue weighted by Crippen LogP contribution is 2.29. The predicted octanol–water partition coefficient (Wildman–Crippen LogP) is 3.55. The van der Waals surface area contributed by atoms with Crippen LogP contribution in [0.25, 0.3) is 11.6 Å². The Labute approximate surface area is 128 Å². The molecule has 0 aliphatic carbocycles. The fourth-order valence-corrected chi connectivity index (χ4v) is 2.66. The second-order valence-corrected chi connectivity index (χ2v) is 6.67. The highest BCUT2D eigenvalue weighted by atomic mass is 32.1. The van der Waals surface area contributed by atoms with Crippen molar-refractivity contribution in [3.05, 3.63) is 46.2 Å². The van der Waals surface area contributed by atoms with Crippen LogP contribution in [0.4, 0.5) is 0 Å². The van der Waals surface area contributed by atoms with Crippen molar-refractivity contribution < 1.29 is 9.53 Å². The van der Waals surface area contributed by atoms with Gasteiger partial charge in [-0.25, -0.2) is 9.78 Å². The molecule has 4 nitrogen and oxygen atoms in total. The molecule has 0 atom stereocenters. The van der Waals surface area contributed by atoms with Crippen LogP contribution in [-0.4, -0.2) is 23.0 Å². The third-order valence-corrected chi connectivity index (χ3v) is 4.22. The van der Waals surface area contributed by atoms with Gasteiger partial charge in [0.15, 0.2) is 0 Å². The summed E-state index contributed by atoms with van der Waals surface area (Å²) in [6.07, 6.45) is 6.90. The number of carbonyl (C=O) groups excluding carboxylic acids is 1. The molecule has 0 bridgehead atoms. The Bertz CT molecular complexity index is 654. The monoisotopic (exact) mass is 302 g/mol. The smallest absolute Gasteiger partial charge is 0.338 e. The molecule has 0 saturated heterocycles. The number of aromatic nitrogens is 2. The summed E-state index contributed by atoms with van der Waals surface area (Å²) >= 11 is 1.58. The molecule has 2 rings (SSSR count). The molecule has 21 heavy (non-hydrogen) atoms. The van der Waals surface area contributed by atoms with Crippen LogP contribution in [0.3, 0.4) is 0 Å². The largest absolute Gasteiger partial charge is 0.465 e. The van der Waals surface area contributed by atoms with Gasteiger partial charge in [-0.3, -0.25) is 4.98 Å². The molecule has 2 aromatic rings. The third kappa shape index (κ3) is 3.76. The third-order valence-electron chi connectivity index (χ3n) is 2.85. The van der Waals surface area contributed by atoms with E-state index >= 15 is 0 Å². The van der Waals surface area contributed by atoms with Gasteiger partial charge in [-0.15, -0.1) is 11.3 Å². The summed E-state index contributed by atoms with van der Waals surface area (Å²) in [6, 6.07) is 3.57. The first kappa shape index (κ1) is 15.4. The number of rotatable bonds is 3. The minimum Gasteiger partial charge on any atom is -0.465 e. The van der Waals surface area contributed by atoms with E-state index in [0.29, 0.717) is 5.57 Å². The number of hydrogen-bond acceptors (Lipinski definition) is 5. The van der Waals surface area contributed by atoms with Crippen molar-refractivity contribution in [2.75, 3.05) is 7.11 Å². The number of methoxy groups -OCH3 is 1. The molecule has 110 valence electrons. The van der Waals surface area contributed by atoms with E-state index in [4.69, 9.17) is 4.74 Å². The molecule has 0 amide bonds. The van der Waals surface area contributed by atoms with Crippen molar-refractivity contribution in [1.29, 1.82) is 0 Å². The van der Waals surface area contributed by atoms with Crippen LogP contribution >= 0.6 is 11.3 Å². The van der Waals surface area contributed by atoms with Crippen molar-refractivity contribution in [3.63, 3.8) is 0 Å². The second kappa shape index (κ2) is 6.18. The van der Waals surface area contributed by atoms with Gasteiger partial charge in [0.05, 0.1) is 17.7 Å². The van der Waals surface area contributed by atoms with Gasteiger partial charge in [-0.05, 0) is 23.8 Å². The summed E-state index contributed by atoms with van der Waals surface area (Å²) in [6.45, 7) is 6.34. The van der Waals surface area contributed by atoms with Crippen molar-refractivity contribution in [1.82, 2.24) is 9.97 Å². The molecule has 0 unspecified atom stereocenters. The van der Waals surface area contributed by atoms with E-state index in [-0.39, 0.29) is 11.4 Å². The highest BCUT2D eigenvalue weighted by Gasteiger charge is 2.19. The molecular formula is C16H18N2O2S. The summed E-state index contributed by atoms with van der Waals surface area (Å²) in [5.41, 5.74) is 1.28. The van der Waals surface area contributed by atoms with Crippen LogP contribution in [0.1, 0.15) is 36.2 Å². The lowest BCUT2D eigenvalue weighted by atomic mass is 9.98. The molecule has 5 heteroatoms. The lowest BCUT2D eigenvalue weighted by Crippen LogP contribution is -2.09. The zero-order valence-electron chi connectivity index (χ0n) is 12.6. The quantitative estimate of drug-likeness (QED) is 0.642. The Hall–Kier alpha value is -2.01. The van der Waals surface area contributed by atoms with Gasteiger partial charge in [0.25, 0.3) is 0 Å². The summed E-state index contributed by atoms with van der Waals surface area (Å²) in [7, 11) is 1.38. The standard InChI is InChI=1S/C16H18N2O2S/c1-16(2,3)15-18-10-12(21-15)9-13(14(19)20-4)11-5-7-17-8-6-11/h5-10H,1-4H3/b13-9-. The maximum Gasteiger partial charge on any atom is 0.338 e. The van der Waals surface area contributed by atoms with E-state index in [0.717, 1.165) is 15.4 Å². The molecule has 0 radical (unpaired) electrons. The highest BCUT2D eigenvalue weighted by molar-refractivity contribution is 7.12. The summed E-state index contributed by atoms with van der Waals surface area (Å²) in [5, 5.41) is 1.03. The van der Waals surface area contributed by atoms with Gasteiger partial charge < -0.3 is 4.74 Å². The lowest BCUT2D eigenvalue weighted by molar-refractivity contribution is -0.133. The van der Waals surface area contributed by atoms with Crippen molar-refractivity contribution in [2.24, 2.45) is 0 Å². The SMILES string of the molecule is COC(=O)/C(=C\c1cnc(C(C)(C)C)s1)c1ccncc1. The summed E-state index contributed by atoms with van der Waals surface area (Å²) < 4.78 is 4.87. The average molecular weight is 302 g/mol. The van der Waals surface area contributed by atoms with Gasteiger partial charge in [-0.1, -0.05) is 20.8 Å². The maximum absolute atomic E-state index is 12.0. The number of pyridine rings is 1. The number of carbonyl (C=O) groups is 1. The van der Waals surface area contributed by atoms with Crippen LogP contribution in [0.15, 0.2) is 30.7 Å². The Morgan fingerprint density at radius 2 is 1.95 bits per heavy atom. The molecule has 0 aromatic carbocycles. The van der Waals surface area contributed by atoms with Crippen LogP contribution in [0, 0.1) is 0 Å². The minimum absolute atomic E-state index is 0.00114. The van der Waals surface area contributed by atoms with Gasteiger partial charge in [0, 0.05) is 28.9 Å². The first-order chi connectivity index (χ1) is 9.91. The normalized spacial score (nSPS) is 12.3. The minimum atomic E-state index is -0.369. The van der Waals surface area contributed by atoms with E-state index in [2.05, 4.69) is 30.7 Å². The number of hydrogen-bond donors (Lipinski definition) is 0. The molecule has 2 aromatic heterocycles.